The molecule has 0 N–H and O–H groups in total. The van der Waals surface area contributed by atoms with Crippen molar-refractivity contribution in [1.82, 2.24) is 23.9 Å². The predicted octanol–water partition coefficient (Wildman–Crippen LogP) is 16.0. The average Bonchev–Trinajstić information content (AvgIpc) is 4.19. The maximum Gasteiger partial charge on any atom is 0.168 e. The van der Waals surface area contributed by atoms with E-state index in [1.165, 1.54) is 10.8 Å². The van der Waals surface area contributed by atoms with Crippen LogP contribution in [0.3, 0.4) is 0 Å². The second kappa shape index (κ2) is 15.2. The quantitative estimate of drug-likeness (QED) is 0.160. The van der Waals surface area contributed by atoms with Gasteiger partial charge in [-0.3, -0.25) is 4.57 Å². The number of fused-ring (bicyclic) bond motifs is 10. The van der Waals surface area contributed by atoms with Crippen molar-refractivity contribution in [2.24, 2.45) is 0 Å². The van der Waals surface area contributed by atoms with Gasteiger partial charge in [0.1, 0.15) is 11.2 Å². The van der Waals surface area contributed by atoms with Crippen LogP contribution in [-0.2, 0) is 0 Å². The third kappa shape index (κ3) is 5.71. The highest BCUT2D eigenvalue weighted by Gasteiger charge is 2.24. The fourth-order valence-corrected chi connectivity index (χ4v) is 10.7. The van der Waals surface area contributed by atoms with Crippen molar-refractivity contribution in [3.63, 3.8) is 0 Å². The second-order valence-electron chi connectivity index (χ2n) is 17.3. The van der Waals surface area contributed by atoms with E-state index >= 15 is 0 Å². The van der Waals surface area contributed by atoms with Crippen molar-refractivity contribution in [2.45, 2.75) is 0 Å². The van der Waals surface area contributed by atoms with Gasteiger partial charge in [0.15, 0.2) is 11.6 Å². The van der Waals surface area contributed by atoms with Gasteiger partial charge < -0.3 is 13.6 Å². The Hall–Kier alpha value is -9.26. The Morgan fingerprint density at radius 1 is 0.309 bits per heavy atom. The Labute approximate surface area is 390 Å². The van der Waals surface area contributed by atoms with Crippen LogP contribution in [-0.4, -0.2) is 23.9 Å². The molecule has 0 aliphatic heterocycles. The van der Waals surface area contributed by atoms with Crippen molar-refractivity contribution in [3.05, 3.63) is 237 Å². The highest BCUT2D eigenvalue weighted by molar-refractivity contribution is 6.24. The van der Waals surface area contributed by atoms with Gasteiger partial charge in [-0.2, -0.15) is 0 Å². The lowest BCUT2D eigenvalue weighted by atomic mass is 9.92. The summed E-state index contributed by atoms with van der Waals surface area (Å²) in [4.78, 5) is 0. The topological polar surface area (TPSA) is 53.7 Å². The van der Waals surface area contributed by atoms with Crippen LogP contribution in [0.25, 0.3) is 128 Å². The van der Waals surface area contributed by atoms with Crippen molar-refractivity contribution >= 4 is 65.6 Å². The van der Waals surface area contributed by atoms with Gasteiger partial charge >= 0.3 is 0 Å². The molecular formula is C62H39N5O. The SMILES string of the molecule is c1ccc(-c2nnc(-c3ccccc3)n2-c2ccc3c4ccccc4n(-c4ccccc4-c4ccccc4-c4ccccc4-n4c5ccccc5c5c6oc7ccccc7c6ccc54)c3c2)cc1. The molecule has 0 aliphatic rings. The minimum absolute atomic E-state index is 0.782. The summed E-state index contributed by atoms with van der Waals surface area (Å²) in [6.45, 7) is 0. The van der Waals surface area contributed by atoms with Crippen LogP contribution in [0.5, 0.6) is 0 Å². The molecule has 10 aromatic carbocycles. The molecule has 0 unspecified atom stereocenters. The smallest absolute Gasteiger partial charge is 0.168 e. The molecule has 68 heavy (non-hydrogen) atoms. The predicted molar refractivity (Wildman–Crippen MR) is 279 cm³/mol. The van der Waals surface area contributed by atoms with Gasteiger partial charge in [-0.1, -0.05) is 182 Å². The zero-order valence-electron chi connectivity index (χ0n) is 36.7. The Kier molecular flexibility index (Phi) is 8.48. The first-order chi connectivity index (χ1) is 33.8. The number of rotatable bonds is 7. The highest BCUT2D eigenvalue weighted by Crippen LogP contribution is 2.45. The van der Waals surface area contributed by atoms with Crippen LogP contribution < -0.4 is 0 Å². The number of hydrogen-bond acceptors (Lipinski definition) is 3. The van der Waals surface area contributed by atoms with Gasteiger partial charge in [-0.25, -0.2) is 0 Å². The van der Waals surface area contributed by atoms with Crippen LogP contribution in [0.4, 0.5) is 0 Å². The number of furan rings is 1. The summed E-state index contributed by atoms with van der Waals surface area (Å²) in [6, 6.07) is 84.1. The van der Waals surface area contributed by atoms with Crippen molar-refractivity contribution in [3.8, 4) is 62.1 Å². The summed E-state index contributed by atoms with van der Waals surface area (Å²) in [5.41, 5.74) is 15.9. The van der Waals surface area contributed by atoms with E-state index in [9.17, 15) is 0 Å². The molecule has 0 fully saturated rings. The standard InChI is InChI=1S/C62H39N5O/c1-3-19-40(20-4-1)61-63-64-62(41-21-5-2-6-22-41)65(61)42-35-36-48-47-27-11-16-32-54(47)67(57(48)39-42)53-31-15-10-26-46(53)44-24-8-7-23-43(44)45-25-9-14-30-52(45)66-55-33-17-12-29-51(55)59-56(66)38-37-50-49-28-13-18-34-58(49)68-60(50)59/h1-39H. The largest absolute Gasteiger partial charge is 0.455 e. The normalized spacial score (nSPS) is 11.8. The summed E-state index contributed by atoms with van der Waals surface area (Å²) < 4.78 is 13.7. The van der Waals surface area contributed by atoms with Crippen molar-refractivity contribution in [2.75, 3.05) is 0 Å². The molecule has 6 nitrogen and oxygen atoms in total. The maximum absolute atomic E-state index is 6.68. The third-order valence-corrected chi connectivity index (χ3v) is 13.6. The van der Waals surface area contributed by atoms with E-state index in [1.54, 1.807) is 0 Å². The molecule has 4 heterocycles. The van der Waals surface area contributed by atoms with Gasteiger partial charge in [0.05, 0.1) is 44.5 Å². The Bertz CT molecular complexity index is 4210. The highest BCUT2D eigenvalue weighted by atomic mass is 16.3. The van der Waals surface area contributed by atoms with E-state index in [0.717, 1.165) is 117 Å². The minimum Gasteiger partial charge on any atom is -0.455 e. The zero-order chi connectivity index (χ0) is 44.7. The van der Waals surface area contributed by atoms with Gasteiger partial charge in [0.25, 0.3) is 0 Å². The number of nitrogens with zero attached hydrogens (tertiary/aromatic N) is 5. The molecule has 0 aliphatic carbocycles. The molecule has 6 heteroatoms. The monoisotopic (exact) mass is 869 g/mol. The summed E-state index contributed by atoms with van der Waals surface area (Å²) in [5.74, 6) is 1.56. The van der Waals surface area contributed by atoms with Crippen molar-refractivity contribution in [1.29, 1.82) is 0 Å². The lowest BCUT2D eigenvalue weighted by Gasteiger charge is -2.19. The minimum atomic E-state index is 0.782. The van der Waals surface area contributed by atoms with Crippen molar-refractivity contribution < 1.29 is 4.42 Å². The fraction of sp³-hybridized carbons (Fsp3) is 0. The van der Waals surface area contributed by atoms with Gasteiger partial charge in [0.2, 0.25) is 0 Å². The van der Waals surface area contributed by atoms with E-state index in [4.69, 9.17) is 14.6 Å². The molecule has 4 aromatic heterocycles. The third-order valence-electron chi connectivity index (χ3n) is 13.6. The fourth-order valence-electron chi connectivity index (χ4n) is 10.7. The van der Waals surface area contributed by atoms with Gasteiger partial charge in [-0.05, 0) is 65.7 Å². The molecular weight excluding hydrogens is 831 g/mol. The van der Waals surface area contributed by atoms with E-state index in [2.05, 4.69) is 208 Å². The molecule has 0 saturated carbocycles. The molecule has 318 valence electrons. The van der Waals surface area contributed by atoms with E-state index in [0.29, 0.717) is 0 Å². The lowest BCUT2D eigenvalue weighted by Crippen LogP contribution is -2.02. The second-order valence-corrected chi connectivity index (χ2v) is 17.3. The molecule has 14 rings (SSSR count). The first-order valence-electron chi connectivity index (χ1n) is 23.0. The summed E-state index contributed by atoms with van der Waals surface area (Å²) in [7, 11) is 0. The molecule has 0 bridgehead atoms. The zero-order valence-corrected chi connectivity index (χ0v) is 36.7. The first-order valence-corrected chi connectivity index (χ1v) is 23.0. The lowest BCUT2D eigenvalue weighted by molar-refractivity contribution is 0.673. The number of benzene rings is 10. The average molecular weight is 870 g/mol. The number of aromatic nitrogens is 5. The summed E-state index contributed by atoms with van der Waals surface area (Å²) in [5, 5.41) is 16.5. The Balaban J connectivity index is 0.986. The Morgan fingerprint density at radius 3 is 1.43 bits per heavy atom. The van der Waals surface area contributed by atoms with E-state index in [1.807, 2.05) is 42.5 Å². The molecule has 0 radical (unpaired) electrons. The van der Waals surface area contributed by atoms with Crippen LogP contribution in [0, 0.1) is 0 Å². The molecule has 0 atom stereocenters. The summed E-state index contributed by atoms with van der Waals surface area (Å²) >= 11 is 0. The van der Waals surface area contributed by atoms with Gasteiger partial charge in [0, 0.05) is 49.2 Å². The Morgan fingerprint density at radius 2 is 0.779 bits per heavy atom. The number of para-hydroxylation sites is 5. The van der Waals surface area contributed by atoms with Crippen LogP contribution in [0.2, 0.25) is 0 Å². The van der Waals surface area contributed by atoms with Crippen LogP contribution >= 0.6 is 0 Å². The summed E-state index contributed by atoms with van der Waals surface area (Å²) in [6.07, 6.45) is 0. The first kappa shape index (κ1) is 38.1. The molecule has 0 saturated heterocycles. The molecule has 0 amide bonds. The number of hydrogen-bond donors (Lipinski definition) is 0. The van der Waals surface area contributed by atoms with Gasteiger partial charge in [-0.15, -0.1) is 10.2 Å². The molecule has 14 aromatic rings. The van der Waals surface area contributed by atoms with Crippen LogP contribution in [0.15, 0.2) is 241 Å². The van der Waals surface area contributed by atoms with E-state index in [-0.39, 0.29) is 0 Å². The van der Waals surface area contributed by atoms with Crippen LogP contribution in [0.1, 0.15) is 0 Å². The molecule has 0 spiro atoms. The van der Waals surface area contributed by atoms with E-state index < -0.39 is 0 Å². The maximum atomic E-state index is 6.68.